The molecule has 6 heteroatoms. The van der Waals surface area contributed by atoms with E-state index in [1.165, 1.54) is 148 Å². The molecule has 0 aromatic heterocycles. The van der Waals surface area contributed by atoms with Crippen LogP contribution in [0.25, 0.3) is 0 Å². The molecule has 1 unspecified atom stereocenters. The van der Waals surface area contributed by atoms with Gasteiger partial charge in [-0.15, -0.1) is 0 Å². The second-order valence-corrected chi connectivity index (χ2v) is 16.3. The number of unbranched alkanes of at least 4 members (excludes halogenated alkanes) is 28. The monoisotopic (exact) mass is 751 g/mol. The second-order valence-electron chi connectivity index (χ2n) is 16.3. The van der Waals surface area contributed by atoms with Crippen molar-refractivity contribution < 1.29 is 28.6 Å². The van der Waals surface area contributed by atoms with Crippen LogP contribution in [0.15, 0.2) is 0 Å². The van der Waals surface area contributed by atoms with Crippen LogP contribution in [0.1, 0.15) is 259 Å². The standard InChI is InChI=1S/C47H90O6/c1-5-8-10-12-13-14-15-16-17-18-19-20-24-27-31-35-39-46(49)52-42-44(41-51-45(48)38-34-29-11-9-6-2)53-47(50)40-36-32-28-25-22-21-23-26-30-33-37-43(4)7-3/h43-44H,5-42H2,1-4H3/t43?,44-/m1/s1. The Morgan fingerprint density at radius 1 is 0.377 bits per heavy atom. The van der Waals surface area contributed by atoms with Gasteiger partial charge in [-0.1, -0.05) is 220 Å². The van der Waals surface area contributed by atoms with E-state index in [4.69, 9.17) is 14.2 Å². The predicted octanol–water partition coefficient (Wildman–Crippen LogP) is 14.7. The molecular formula is C47H90O6. The number of rotatable bonds is 42. The van der Waals surface area contributed by atoms with E-state index in [1.807, 2.05) is 0 Å². The lowest BCUT2D eigenvalue weighted by atomic mass is 9.99. The lowest BCUT2D eigenvalue weighted by Crippen LogP contribution is -2.30. The first-order valence-corrected chi connectivity index (χ1v) is 23.4. The summed E-state index contributed by atoms with van der Waals surface area (Å²) in [6.07, 6.45) is 41.1. The van der Waals surface area contributed by atoms with E-state index in [1.54, 1.807) is 0 Å². The molecule has 6 nitrogen and oxygen atoms in total. The van der Waals surface area contributed by atoms with E-state index in [0.29, 0.717) is 19.3 Å². The summed E-state index contributed by atoms with van der Waals surface area (Å²) in [4.78, 5) is 37.5. The van der Waals surface area contributed by atoms with Crippen LogP contribution in [-0.4, -0.2) is 37.2 Å². The molecule has 0 fully saturated rings. The van der Waals surface area contributed by atoms with E-state index in [9.17, 15) is 14.4 Å². The van der Waals surface area contributed by atoms with Gasteiger partial charge in [-0.3, -0.25) is 14.4 Å². The fraction of sp³-hybridized carbons (Fsp3) is 0.936. The summed E-state index contributed by atoms with van der Waals surface area (Å²) in [6, 6.07) is 0. The van der Waals surface area contributed by atoms with Gasteiger partial charge in [0.25, 0.3) is 0 Å². The van der Waals surface area contributed by atoms with Crippen molar-refractivity contribution in [1.29, 1.82) is 0 Å². The van der Waals surface area contributed by atoms with Gasteiger partial charge in [-0.05, 0) is 25.2 Å². The van der Waals surface area contributed by atoms with Crippen LogP contribution in [0.5, 0.6) is 0 Å². The number of ether oxygens (including phenoxy) is 3. The third kappa shape index (κ3) is 39.9. The van der Waals surface area contributed by atoms with Crippen LogP contribution in [-0.2, 0) is 28.6 Å². The highest BCUT2D eigenvalue weighted by atomic mass is 16.6. The van der Waals surface area contributed by atoms with Crippen molar-refractivity contribution in [1.82, 2.24) is 0 Å². The molecule has 0 bridgehead atoms. The molecule has 0 saturated carbocycles. The zero-order valence-electron chi connectivity index (χ0n) is 36.0. The molecule has 0 aliphatic carbocycles. The SMILES string of the molecule is CCCCCCCCCCCCCCCCCCC(=O)OC[C@@H](COC(=O)CCCCCCC)OC(=O)CCCCCCCCCCCCC(C)CC. The average Bonchev–Trinajstić information content (AvgIpc) is 3.15. The molecule has 0 aliphatic heterocycles. The van der Waals surface area contributed by atoms with Crippen molar-refractivity contribution in [2.75, 3.05) is 13.2 Å². The second kappa shape index (κ2) is 41.6. The van der Waals surface area contributed by atoms with Gasteiger partial charge in [0.1, 0.15) is 13.2 Å². The molecule has 0 radical (unpaired) electrons. The molecule has 0 rings (SSSR count). The Morgan fingerprint density at radius 2 is 0.660 bits per heavy atom. The van der Waals surface area contributed by atoms with E-state index >= 15 is 0 Å². The minimum atomic E-state index is -0.758. The Hall–Kier alpha value is -1.59. The highest BCUT2D eigenvalue weighted by Crippen LogP contribution is 2.17. The summed E-state index contributed by atoms with van der Waals surface area (Å²) >= 11 is 0. The number of carbonyl (C=O) groups excluding carboxylic acids is 3. The van der Waals surface area contributed by atoms with E-state index < -0.39 is 6.10 Å². The smallest absolute Gasteiger partial charge is 0.306 e. The fourth-order valence-electron chi connectivity index (χ4n) is 6.95. The van der Waals surface area contributed by atoms with Crippen molar-refractivity contribution in [2.45, 2.75) is 265 Å². The van der Waals surface area contributed by atoms with Crippen molar-refractivity contribution in [2.24, 2.45) is 5.92 Å². The molecule has 0 aromatic carbocycles. The van der Waals surface area contributed by atoms with Gasteiger partial charge in [-0.25, -0.2) is 0 Å². The maximum Gasteiger partial charge on any atom is 0.306 e. The summed E-state index contributed by atoms with van der Waals surface area (Å²) in [7, 11) is 0. The van der Waals surface area contributed by atoms with E-state index in [0.717, 1.165) is 70.1 Å². The molecule has 0 aliphatic rings. The Balaban J connectivity index is 4.17. The number of carbonyl (C=O) groups is 3. The molecule has 53 heavy (non-hydrogen) atoms. The summed E-state index contributed by atoms with van der Waals surface area (Å²) in [5.41, 5.74) is 0. The first kappa shape index (κ1) is 51.4. The molecule has 0 amide bonds. The van der Waals surface area contributed by atoms with Crippen LogP contribution in [0.4, 0.5) is 0 Å². The summed E-state index contributed by atoms with van der Waals surface area (Å²) in [5.74, 6) is 0.00112. The average molecular weight is 751 g/mol. The first-order chi connectivity index (χ1) is 25.9. The molecule has 0 heterocycles. The maximum absolute atomic E-state index is 12.7. The molecule has 0 spiro atoms. The summed E-state index contributed by atoms with van der Waals surface area (Å²) in [6.45, 7) is 8.95. The molecule has 0 aromatic rings. The third-order valence-corrected chi connectivity index (χ3v) is 10.9. The summed E-state index contributed by atoms with van der Waals surface area (Å²) < 4.78 is 16.6. The van der Waals surface area contributed by atoms with Crippen molar-refractivity contribution in [3.8, 4) is 0 Å². The van der Waals surface area contributed by atoms with Crippen LogP contribution >= 0.6 is 0 Å². The van der Waals surface area contributed by atoms with Crippen molar-refractivity contribution >= 4 is 17.9 Å². The largest absolute Gasteiger partial charge is 0.462 e. The maximum atomic E-state index is 12.7. The quantitative estimate of drug-likeness (QED) is 0.0351. The highest BCUT2D eigenvalue weighted by molar-refractivity contribution is 5.71. The van der Waals surface area contributed by atoms with Gasteiger partial charge in [-0.2, -0.15) is 0 Å². The lowest BCUT2D eigenvalue weighted by Gasteiger charge is -2.18. The van der Waals surface area contributed by atoms with Crippen molar-refractivity contribution in [3.63, 3.8) is 0 Å². The van der Waals surface area contributed by atoms with E-state index in [2.05, 4.69) is 27.7 Å². The third-order valence-electron chi connectivity index (χ3n) is 10.9. The molecule has 2 atom stereocenters. The first-order valence-electron chi connectivity index (χ1n) is 23.4. The lowest BCUT2D eigenvalue weighted by molar-refractivity contribution is -0.167. The molecule has 314 valence electrons. The fourth-order valence-corrected chi connectivity index (χ4v) is 6.95. The highest BCUT2D eigenvalue weighted by Gasteiger charge is 2.19. The predicted molar refractivity (Wildman–Crippen MR) is 224 cm³/mol. The Kier molecular flexibility index (Phi) is 40.3. The van der Waals surface area contributed by atoms with Crippen LogP contribution in [0.2, 0.25) is 0 Å². The zero-order chi connectivity index (χ0) is 38.9. The zero-order valence-corrected chi connectivity index (χ0v) is 36.0. The molecule has 0 saturated heterocycles. The summed E-state index contributed by atoms with van der Waals surface area (Å²) in [5, 5.41) is 0. The van der Waals surface area contributed by atoms with Gasteiger partial charge in [0.05, 0.1) is 0 Å². The van der Waals surface area contributed by atoms with E-state index in [-0.39, 0.29) is 31.1 Å². The number of hydrogen-bond donors (Lipinski definition) is 0. The molecule has 0 N–H and O–H groups in total. The van der Waals surface area contributed by atoms with Gasteiger partial charge in [0.15, 0.2) is 6.10 Å². The van der Waals surface area contributed by atoms with Crippen LogP contribution in [0, 0.1) is 5.92 Å². The van der Waals surface area contributed by atoms with Crippen molar-refractivity contribution in [3.05, 3.63) is 0 Å². The van der Waals surface area contributed by atoms with Crippen LogP contribution < -0.4 is 0 Å². The molecular weight excluding hydrogens is 661 g/mol. The van der Waals surface area contributed by atoms with Crippen LogP contribution in [0.3, 0.4) is 0 Å². The van der Waals surface area contributed by atoms with Gasteiger partial charge in [0.2, 0.25) is 0 Å². The van der Waals surface area contributed by atoms with Gasteiger partial charge < -0.3 is 14.2 Å². The minimum Gasteiger partial charge on any atom is -0.462 e. The minimum absolute atomic E-state index is 0.0646. The number of esters is 3. The normalized spacial score (nSPS) is 12.5. The number of hydrogen-bond acceptors (Lipinski definition) is 6. The van der Waals surface area contributed by atoms with Gasteiger partial charge in [0, 0.05) is 19.3 Å². The topological polar surface area (TPSA) is 78.9 Å². The Morgan fingerprint density at radius 3 is 0.981 bits per heavy atom. The van der Waals surface area contributed by atoms with Gasteiger partial charge >= 0.3 is 17.9 Å². The Bertz CT molecular complexity index is 798. The Labute approximate surface area is 329 Å².